The molecule has 4 heteroatoms. The van der Waals surface area contributed by atoms with Crippen molar-refractivity contribution in [3.05, 3.63) is 52.5 Å². The summed E-state index contributed by atoms with van der Waals surface area (Å²) in [6, 6.07) is 11.8. The summed E-state index contributed by atoms with van der Waals surface area (Å²) in [5.74, 6) is 0.867. The van der Waals surface area contributed by atoms with Crippen LogP contribution in [0.4, 0.5) is 11.4 Å². The van der Waals surface area contributed by atoms with Gasteiger partial charge in [0.1, 0.15) is 5.75 Å². The molecule has 0 amide bonds. The van der Waals surface area contributed by atoms with Crippen LogP contribution in [0.3, 0.4) is 0 Å². The summed E-state index contributed by atoms with van der Waals surface area (Å²) in [5, 5.41) is 0.729. The third kappa shape index (κ3) is 2.29. The molecule has 0 atom stereocenters. The number of nitrogen functional groups attached to an aromatic ring is 1. The number of benzene rings is 2. The molecule has 0 saturated heterocycles. The van der Waals surface area contributed by atoms with Gasteiger partial charge in [-0.05, 0) is 36.8 Å². The molecule has 1 heterocycles. The number of fused-ring (bicyclic) bond motifs is 1. The highest BCUT2D eigenvalue weighted by atomic mass is 35.5. The number of halogens is 1. The molecule has 0 radical (unpaired) electrons. The Bertz CT molecular complexity index is 642. The smallest absolute Gasteiger partial charge is 0.123 e. The summed E-state index contributed by atoms with van der Waals surface area (Å²) >= 11 is 6.09. The van der Waals surface area contributed by atoms with Crippen LogP contribution in [0, 0.1) is 0 Å². The van der Waals surface area contributed by atoms with Gasteiger partial charge in [0.2, 0.25) is 0 Å². The minimum atomic E-state index is 0.729. The number of rotatable bonds is 3. The molecule has 2 aromatic carbocycles. The molecule has 0 saturated carbocycles. The molecule has 2 aromatic rings. The lowest BCUT2D eigenvalue weighted by molar-refractivity contribution is 0.409. The van der Waals surface area contributed by atoms with E-state index < -0.39 is 0 Å². The van der Waals surface area contributed by atoms with E-state index in [1.54, 1.807) is 7.11 Å². The van der Waals surface area contributed by atoms with Crippen LogP contribution in [0.25, 0.3) is 0 Å². The van der Waals surface area contributed by atoms with E-state index in [4.69, 9.17) is 22.1 Å². The lowest BCUT2D eigenvalue weighted by Crippen LogP contribution is -2.20. The first-order valence-corrected chi connectivity index (χ1v) is 7.01. The third-order valence-electron chi connectivity index (χ3n) is 3.76. The Hall–Kier alpha value is -1.87. The zero-order valence-electron chi connectivity index (χ0n) is 11.4. The Balaban J connectivity index is 1.91. The Morgan fingerprint density at radius 2 is 2.15 bits per heavy atom. The number of anilines is 2. The van der Waals surface area contributed by atoms with Crippen molar-refractivity contribution in [1.82, 2.24) is 0 Å². The minimum Gasteiger partial charge on any atom is -0.496 e. The maximum Gasteiger partial charge on any atom is 0.123 e. The average Bonchev–Trinajstić information content (AvgIpc) is 2.84. The van der Waals surface area contributed by atoms with Gasteiger partial charge in [0.25, 0.3) is 0 Å². The first kappa shape index (κ1) is 13.1. The molecule has 1 aliphatic heterocycles. The molecule has 3 nitrogen and oxygen atoms in total. The van der Waals surface area contributed by atoms with Gasteiger partial charge in [-0.3, -0.25) is 0 Å². The van der Waals surface area contributed by atoms with Gasteiger partial charge in [-0.2, -0.15) is 0 Å². The summed E-state index contributed by atoms with van der Waals surface area (Å²) in [5.41, 5.74) is 10.5. The Morgan fingerprint density at radius 3 is 2.95 bits per heavy atom. The molecule has 2 N–H and O–H groups in total. The van der Waals surface area contributed by atoms with Gasteiger partial charge in [0.15, 0.2) is 0 Å². The monoisotopic (exact) mass is 288 g/mol. The normalized spacial score (nSPS) is 13.4. The predicted molar refractivity (Wildman–Crippen MR) is 83.6 cm³/mol. The van der Waals surface area contributed by atoms with Gasteiger partial charge in [0, 0.05) is 40.6 Å². The lowest BCUT2D eigenvalue weighted by Gasteiger charge is -2.21. The second-order valence-corrected chi connectivity index (χ2v) is 5.41. The maximum absolute atomic E-state index is 6.09. The number of ether oxygens (including phenoxy) is 1. The predicted octanol–water partition coefficient (Wildman–Crippen LogP) is 3.49. The summed E-state index contributed by atoms with van der Waals surface area (Å²) in [7, 11) is 1.68. The number of hydrogen-bond donors (Lipinski definition) is 1. The second kappa shape index (κ2) is 5.25. The van der Waals surface area contributed by atoms with Crippen molar-refractivity contribution in [1.29, 1.82) is 0 Å². The van der Waals surface area contributed by atoms with Crippen molar-refractivity contribution >= 4 is 23.0 Å². The Morgan fingerprint density at radius 1 is 1.30 bits per heavy atom. The number of nitrogens with two attached hydrogens (primary N) is 1. The lowest BCUT2D eigenvalue weighted by atomic mass is 10.1. The molecule has 104 valence electrons. The SMILES string of the molecule is COc1ccc(Cl)cc1CN1CCc2c(N)cccc21. The van der Waals surface area contributed by atoms with Gasteiger partial charge >= 0.3 is 0 Å². The van der Waals surface area contributed by atoms with E-state index in [1.807, 2.05) is 30.3 Å². The number of hydrogen-bond acceptors (Lipinski definition) is 3. The Kier molecular flexibility index (Phi) is 3.45. The molecule has 0 aromatic heterocycles. The zero-order valence-corrected chi connectivity index (χ0v) is 12.2. The van der Waals surface area contributed by atoms with Crippen LogP contribution in [-0.4, -0.2) is 13.7 Å². The van der Waals surface area contributed by atoms with E-state index in [9.17, 15) is 0 Å². The maximum atomic E-state index is 6.09. The first-order chi connectivity index (χ1) is 9.69. The van der Waals surface area contributed by atoms with E-state index in [-0.39, 0.29) is 0 Å². The van der Waals surface area contributed by atoms with Crippen molar-refractivity contribution in [2.24, 2.45) is 0 Å². The van der Waals surface area contributed by atoms with Crippen molar-refractivity contribution in [3.63, 3.8) is 0 Å². The fourth-order valence-electron chi connectivity index (χ4n) is 2.77. The van der Waals surface area contributed by atoms with Crippen LogP contribution in [0.5, 0.6) is 5.75 Å². The molecular weight excluding hydrogens is 272 g/mol. The van der Waals surface area contributed by atoms with Crippen LogP contribution in [-0.2, 0) is 13.0 Å². The molecule has 0 spiro atoms. The van der Waals surface area contributed by atoms with E-state index >= 15 is 0 Å². The van der Waals surface area contributed by atoms with Gasteiger partial charge in [-0.15, -0.1) is 0 Å². The standard InChI is InChI=1S/C16H17ClN2O/c1-20-16-6-5-12(17)9-11(16)10-19-8-7-13-14(18)3-2-4-15(13)19/h2-6,9H,7-8,10,18H2,1H3. The van der Waals surface area contributed by atoms with E-state index in [1.165, 1.54) is 11.3 Å². The topological polar surface area (TPSA) is 38.5 Å². The van der Waals surface area contributed by atoms with Crippen LogP contribution in [0.1, 0.15) is 11.1 Å². The summed E-state index contributed by atoms with van der Waals surface area (Å²) in [4.78, 5) is 2.32. The van der Waals surface area contributed by atoms with Crippen LogP contribution < -0.4 is 15.4 Å². The van der Waals surface area contributed by atoms with Crippen molar-refractivity contribution in [2.75, 3.05) is 24.3 Å². The van der Waals surface area contributed by atoms with Crippen LogP contribution in [0.15, 0.2) is 36.4 Å². The van der Waals surface area contributed by atoms with Gasteiger partial charge in [0.05, 0.1) is 7.11 Å². The molecule has 1 aliphatic rings. The van der Waals surface area contributed by atoms with Crippen molar-refractivity contribution in [3.8, 4) is 5.75 Å². The highest BCUT2D eigenvalue weighted by Crippen LogP contribution is 2.34. The highest BCUT2D eigenvalue weighted by molar-refractivity contribution is 6.30. The second-order valence-electron chi connectivity index (χ2n) is 4.97. The van der Waals surface area contributed by atoms with Gasteiger partial charge in [-0.25, -0.2) is 0 Å². The molecule has 20 heavy (non-hydrogen) atoms. The van der Waals surface area contributed by atoms with Gasteiger partial charge < -0.3 is 15.4 Å². The zero-order chi connectivity index (χ0) is 14.1. The minimum absolute atomic E-state index is 0.729. The highest BCUT2D eigenvalue weighted by Gasteiger charge is 2.21. The molecule has 0 unspecified atom stereocenters. The average molecular weight is 289 g/mol. The molecular formula is C16H17ClN2O. The molecule has 0 aliphatic carbocycles. The summed E-state index contributed by atoms with van der Waals surface area (Å²) < 4.78 is 5.41. The molecule has 3 rings (SSSR count). The third-order valence-corrected chi connectivity index (χ3v) is 4.00. The van der Waals surface area contributed by atoms with E-state index in [2.05, 4.69) is 11.0 Å². The van der Waals surface area contributed by atoms with Crippen LogP contribution >= 0.6 is 11.6 Å². The summed E-state index contributed by atoms with van der Waals surface area (Å²) in [6.45, 7) is 1.75. The van der Waals surface area contributed by atoms with Crippen molar-refractivity contribution in [2.45, 2.75) is 13.0 Å². The fraction of sp³-hybridized carbons (Fsp3) is 0.250. The van der Waals surface area contributed by atoms with Crippen LogP contribution in [0.2, 0.25) is 5.02 Å². The largest absolute Gasteiger partial charge is 0.496 e. The van der Waals surface area contributed by atoms with Crippen molar-refractivity contribution < 1.29 is 4.74 Å². The van der Waals surface area contributed by atoms with E-state index in [0.717, 1.165) is 41.5 Å². The molecule has 0 bridgehead atoms. The number of methoxy groups -OCH3 is 1. The Labute approximate surface area is 123 Å². The number of nitrogens with zero attached hydrogens (tertiary/aromatic N) is 1. The quantitative estimate of drug-likeness (QED) is 0.879. The van der Waals surface area contributed by atoms with Gasteiger partial charge in [-0.1, -0.05) is 17.7 Å². The van der Waals surface area contributed by atoms with E-state index in [0.29, 0.717) is 0 Å². The summed E-state index contributed by atoms with van der Waals surface area (Å²) in [6.07, 6.45) is 0.991. The fourth-order valence-corrected chi connectivity index (χ4v) is 2.96. The first-order valence-electron chi connectivity index (χ1n) is 6.64. The molecule has 0 fully saturated rings.